The van der Waals surface area contributed by atoms with Crippen molar-refractivity contribution in [2.45, 2.75) is 40.5 Å². The molecule has 116 valence electrons. The van der Waals surface area contributed by atoms with Crippen LogP contribution in [0.4, 0.5) is 5.69 Å². The summed E-state index contributed by atoms with van der Waals surface area (Å²) in [6.07, 6.45) is 1.82. The second-order valence-corrected chi connectivity index (χ2v) is 5.70. The zero-order chi connectivity index (χ0) is 16.0. The monoisotopic (exact) mass is 290 g/mol. The number of likely N-dealkylation sites (N-methyl/N-ethyl adjacent to an activating group) is 1. The summed E-state index contributed by atoms with van der Waals surface area (Å²) < 4.78 is 0. The molecule has 0 heterocycles. The molecule has 4 nitrogen and oxygen atoms in total. The fraction of sp³-hybridized carbons (Fsp3) is 0.529. The third kappa shape index (κ3) is 4.88. The van der Waals surface area contributed by atoms with Crippen molar-refractivity contribution in [2.75, 3.05) is 18.9 Å². The van der Waals surface area contributed by atoms with Crippen LogP contribution in [0.25, 0.3) is 0 Å². The van der Waals surface area contributed by atoms with Crippen molar-refractivity contribution in [1.29, 1.82) is 0 Å². The molecule has 0 aliphatic rings. The van der Waals surface area contributed by atoms with Crippen LogP contribution < -0.4 is 5.32 Å². The minimum Gasteiger partial charge on any atom is -0.336 e. The highest BCUT2D eigenvalue weighted by Crippen LogP contribution is 2.19. The molecule has 4 heteroatoms. The van der Waals surface area contributed by atoms with Crippen LogP contribution in [0.2, 0.25) is 0 Å². The summed E-state index contributed by atoms with van der Waals surface area (Å²) in [6.45, 7) is 7.96. The van der Waals surface area contributed by atoms with Gasteiger partial charge in [-0.05, 0) is 31.4 Å². The SMILES string of the molecule is CCCC(C)C(=O)N(C)CC(=O)Nc1c(C)cccc1C. The van der Waals surface area contributed by atoms with E-state index in [0.717, 1.165) is 29.7 Å². The van der Waals surface area contributed by atoms with E-state index in [9.17, 15) is 9.59 Å². The van der Waals surface area contributed by atoms with Crippen molar-refractivity contribution in [1.82, 2.24) is 4.90 Å². The number of carbonyl (C=O) groups excluding carboxylic acids is 2. The van der Waals surface area contributed by atoms with Gasteiger partial charge in [-0.3, -0.25) is 9.59 Å². The first kappa shape index (κ1) is 17.2. The van der Waals surface area contributed by atoms with Crippen molar-refractivity contribution in [3.8, 4) is 0 Å². The van der Waals surface area contributed by atoms with Gasteiger partial charge < -0.3 is 10.2 Å². The third-order valence-electron chi connectivity index (χ3n) is 3.65. The van der Waals surface area contributed by atoms with E-state index in [1.807, 2.05) is 39.0 Å². The average molecular weight is 290 g/mol. The molecule has 21 heavy (non-hydrogen) atoms. The summed E-state index contributed by atoms with van der Waals surface area (Å²) in [4.78, 5) is 25.7. The van der Waals surface area contributed by atoms with Gasteiger partial charge in [0, 0.05) is 18.7 Å². The van der Waals surface area contributed by atoms with E-state index in [0.29, 0.717) is 0 Å². The first-order chi connectivity index (χ1) is 9.86. The number of aryl methyl sites for hydroxylation is 2. The van der Waals surface area contributed by atoms with Crippen LogP contribution in [0, 0.1) is 19.8 Å². The number of carbonyl (C=O) groups is 2. The Labute approximate surface area is 127 Å². The Morgan fingerprint density at radius 3 is 2.33 bits per heavy atom. The zero-order valence-corrected chi connectivity index (χ0v) is 13.7. The van der Waals surface area contributed by atoms with Crippen molar-refractivity contribution >= 4 is 17.5 Å². The molecule has 0 saturated heterocycles. The molecule has 0 aliphatic heterocycles. The van der Waals surface area contributed by atoms with Gasteiger partial charge in [-0.15, -0.1) is 0 Å². The number of benzene rings is 1. The minimum absolute atomic E-state index is 0.0218. The topological polar surface area (TPSA) is 49.4 Å². The number of hydrogen-bond acceptors (Lipinski definition) is 2. The lowest BCUT2D eigenvalue weighted by Gasteiger charge is -2.21. The summed E-state index contributed by atoms with van der Waals surface area (Å²) in [5.74, 6) is -0.173. The van der Waals surface area contributed by atoms with Gasteiger partial charge in [-0.2, -0.15) is 0 Å². The highest BCUT2D eigenvalue weighted by molar-refractivity contribution is 5.95. The van der Waals surface area contributed by atoms with Gasteiger partial charge in [0.15, 0.2) is 0 Å². The van der Waals surface area contributed by atoms with Crippen LogP contribution in [0.5, 0.6) is 0 Å². The largest absolute Gasteiger partial charge is 0.336 e. The molecule has 1 aromatic rings. The van der Waals surface area contributed by atoms with Gasteiger partial charge in [0.2, 0.25) is 11.8 Å². The highest BCUT2D eigenvalue weighted by atomic mass is 16.2. The standard InChI is InChI=1S/C17H26N2O2/c1-6-8-14(4)17(21)19(5)11-15(20)18-16-12(2)9-7-10-13(16)3/h7,9-10,14H,6,8,11H2,1-5H3,(H,18,20). The van der Waals surface area contributed by atoms with Crippen molar-refractivity contribution < 1.29 is 9.59 Å². The van der Waals surface area contributed by atoms with Gasteiger partial charge in [0.1, 0.15) is 0 Å². The maximum atomic E-state index is 12.1. The molecule has 1 aromatic carbocycles. The summed E-state index contributed by atoms with van der Waals surface area (Å²) in [7, 11) is 1.68. The number of hydrogen-bond donors (Lipinski definition) is 1. The molecule has 1 atom stereocenters. The van der Waals surface area contributed by atoms with E-state index in [2.05, 4.69) is 12.2 Å². The number of amides is 2. The van der Waals surface area contributed by atoms with E-state index in [1.54, 1.807) is 7.05 Å². The van der Waals surface area contributed by atoms with Crippen molar-refractivity contribution in [3.63, 3.8) is 0 Å². The summed E-state index contributed by atoms with van der Waals surface area (Å²) in [5, 5.41) is 2.90. The van der Waals surface area contributed by atoms with Crippen molar-refractivity contribution in [3.05, 3.63) is 29.3 Å². The number of nitrogens with one attached hydrogen (secondary N) is 1. The highest BCUT2D eigenvalue weighted by Gasteiger charge is 2.19. The molecule has 0 radical (unpaired) electrons. The van der Waals surface area contributed by atoms with Gasteiger partial charge in [0.25, 0.3) is 0 Å². The van der Waals surface area contributed by atoms with E-state index >= 15 is 0 Å². The number of nitrogens with zero attached hydrogens (tertiary/aromatic N) is 1. The lowest BCUT2D eigenvalue weighted by molar-refractivity contribution is -0.136. The van der Waals surface area contributed by atoms with Crippen LogP contribution in [-0.4, -0.2) is 30.3 Å². The molecule has 1 rings (SSSR count). The average Bonchev–Trinajstić information content (AvgIpc) is 2.42. The Balaban J connectivity index is 2.63. The Morgan fingerprint density at radius 2 is 1.81 bits per heavy atom. The minimum atomic E-state index is -0.160. The fourth-order valence-corrected chi connectivity index (χ4v) is 2.42. The molecule has 1 N–H and O–H groups in total. The summed E-state index contributed by atoms with van der Waals surface area (Å²) >= 11 is 0. The first-order valence-electron chi connectivity index (χ1n) is 7.47. The second-order valence-electron chi connectivity index (χ2n) is 5.70. The number of rotatable bonds is 6. The Morgan fingerprint density at radius 1 is 1.24 bits per heavy atom. The van der Waals surface area contributed by atoms with Crippen LogP contribution in [0.15, 0.2) is 18.2 Å². The van der Waals surface area contributed by atoms with Crippen LogP contribution in [0.1, 0.15) is 37.8 Å². The van der Waals surface area contributed by atoms with Gasteiger partial charge in [-0.25, -0.2) is 0 Å². The Kier molecular flexibility index (Phi) is 6.40. The zero-order valence-electron chi connectivity index (χ0n) is 13.7. The number of anilines is 1. The van der Waals surface area contributed by atoms with E-state index < -0.39 is 0 Å². The molecule has 0 saturated carbocycles. The van der Waals surface area contributed by atoms with E-state index in [4.69, 9.17) is 0 Å². The molecule has 0 aliphatic carbocycles. The predicted octanol–water partition coefficient (Wildman–Crippen LogP) is 3.14. The van der Waals surface area contributed by atoms with Gasteiger partial charge in [0.05, 0.1) is 6.54 Å². The summed E-state index contributed by atoms with van der Waals surface area (Å²) in [6, 6.07) is 5.88. The van der Waals surface area contributed by atoms with Crippen LogP contribution in [-0.2, 0) is 9.59 Å². The molecule has 0 fully saturated rings. The maximum Gasteiger partial charge on any atom is 0.243 e. The predicted molar refractivity (Wildman–Crippen MR) is 86.3 cm³/mol. The Bertz CT molecular complexity index is 491. The summed E-state index contributed by atoms with van der Waals surface area (Å²) in [5.41, 5.74) is 2.89. The molecule has 0 aromatic heterocycles. The Hall–Kier alpha value is -1.84. The second kappa shape index (κ2) is 7.81. The number of para-hydroxylation sites is 1. The molecule has 1 unspecified atom stereocenters. The fourth-order valence-electron chi connectivity index (χ4n) is 2.42. The lowest BCUT2D eigenvalue weighted by atomic mass is 10.1. The van der Waals surface area contributed by atoms with Crippen LogP contribution in [0.3, 0.4) is 0 Å². The molecular formula is C17H26N2O2. The van der Waals surface area contributed by atoms with Crippen LogP contribution >= 0.6 is 0 Å². The molecule has 2 amide bonds. The van der Waals surface area contributed by atoms with Crippen molar-refractivity contribution in [2.24, 2.45) is 5.92 Å². The molecule has 0 spiro atoms. The molecule has 0 bridgehead atoms. The van der Waals surface area contributed by atoms with E-state index in [1.165, 1.54) is 4.90 Å². The van der Waals surface area contributed by atoms with E-state index in [-0.39, 0.29) is 24.3 Å². The smallest absolute Gasteiger partial charge is 0.243 e. The third-order valence-corrected chi connectivity index (χ3v) is 3.65. The van der Waals surface area contributed by atoms with Gasteiger partial charge in [-0.1, -0.05) is 38.5 Å². The first-order valence-corrected chi connectivity index (χ1v) is 7.47. The molecular weight excluding hydrogens is 264 g/mol. The normalized spacial score (nSPS) is 11.9. The lowest BCUT2D eigenvalue weighted by Crippen LogP contribution is -2.38. The van der Waals surface area contributed by atoms with Gasteiger partial charge >= 0.3 is 0 Å². The maximum absolute atomic E-state index is 12.1. The quantitative estimate of drug-likeness (QED) is 0.875.